The number of hydrazine groups is 1. The van der Waals surface area contributed by atoms with Gasteiger partial charge in [-0.05, 0) is 38.8 Å². The molecule has 0 unspecified atom stereocenters. The Hall–Kier alpha value is -2.44. The van der Waals surface area contributed by atoms with E-state index >= 15 is 0 Å². The van der Waals surface area contributed by atoms with Crippen molar-refractivity contribution in [2.75, 3.05) is 5.43 Å². The SMILES string of the molecule is Cc1cc(C)nc(NNC(=O)c2cc(C3CC3)[nH]n2)n1. The fourth-order valence-electron chi connectivity index (χ4n) is 2.01. The summed E-state index contributed by atoms with van der Waals surface area (Å²) in [5, 5.41) is 6.90. The first kappa shape index (κ1) is 12.6. The molecular formula is C13H16N6O. The molecule has 104 valence electrons. The Morgan fingerprint density at radius 2 is 1.95 bits per heavy atom. The Balaban J connectivity index is 1.63. The Kier molecular flexibility index (Phi) is 3.09. The molecule has 0 bridgehead atoms. The van der Waals surface area contributed by atoms with Gasteiger partial charge in [-0.25, -0.2) is 9.97 Å². The van der Waals surface area contributed by atoms with E-state index in [9.17, 15) is 4.79 Å². The molecule has 7 heteroatoms. The van der Waals surface area contributed by atoms with Crippen molar-refractivity contribution in [2.45, 2.75) is 32.6 Å². The first-order valence-electron chi connectivity index (χ1n) is 6.56. The predicted octanol–water partition coefficient (Wildman–Crippen LogP) is 1.45. The summed E-state index contributed by atoms with van der Waals surface area (Å²) in [6, 6.07) is 3.65. The quantitative estimate of drug-likeness (QED) is 0.732. The molecule has 0 saturated heterocycles. The number of anilines is 1. The number of aromatic amines is 1. The monoisotopic (exact) mass is 272 g/mol. The minimum absolute atomic E-state index is 0.309. The van der Waals surface area contributed by atoms with E-state index in [1.54, 1.807) is 6.07 Å². The number of hydrogen-bond acceptors (Lipinski definition) is 5. The Bertz CT molecular complexity index is 626. The smallest absolute Gasteiger partial charge is 0.281 e. The molecule has 2 heterocycles. The van der Waals surface area contributed by atoms with Gasteiger partial charge < -0.3 is 0 Å². The predicted molar refractivity (Wildman–Crippen MR) is 73.2 cm³/mol. The summed E-state index contributed by atoms with van der Waals surface area (Å²) in [5.41, 5.74) is 8.32. The van der Waals surface area contributed by atoms with Crippen LogP contribution in [0.5, 0.6) is 0 Å². The zero-order valence-electron chi connectivity index (χ0n) is 11.4. The zero-order valence-corrected chi connectivity index (χ0v) is 11.4. The molecule has 3 N–H and O–H groups in total. The summed E-state index contributed by atoms with van der Waals surface area (Å²) < 4.78 is 0. The molecule has 1 aliphatic rings. The molecule has 0 aromatic carbocycles. The average Bonchev–Trinajstić information content (AvgIpc) is 3.13. The van der Waals surface area contributed by atoms with Crippen LogP contribution >= 0.6 is 0 Å². The normalized spacial score (nSPS) is 14.1. The van der Waals surface area contributed by atoms with Gasteiger partial charge in [0, 0.05) is 23.0 Å². The molecule has 2 aromatic rings. The third kappa shape index (κ3) is 2.76. The van der Waals surface area contributed by atoms with E-state index < -0.39 is 0 Å². The second-order valence-corrected chi connectivity index (χ2v) is 5.04. The summed E-state index contributed by atoms with van der Waals surface area (Å²) >= 11 is 0. The Labute approximate surface area is 116 Å². The molecule has 0 spiro atoms. The van der Waals surface area contributed by atoms with Gasteiger partial charge in [0.2, 0.25) is 5.95 Å². The molecule has 0 aliphatic heterocycles. The van der Waals surface area contributed by atoms with E-state index in [0.717, 1.165) is 29.9 Å². The lowest BCUT2D eigenvalue weighted by atomic mass is 10.2. The van der Waals surface area contributed by atoms with Crippen LogP contribution in [0, 0.1) is 13.8 Å². The molecule has 1 amide bonds. The van der Waals surface area contributed by atoms with E-state index in [-0.39, 0.29) is 5.91 Å². The van der Waals surface area contributed by atoms with Gasteiger partial charge in [-0.15, -0.1) is 0 Å². The highest BCUT2D eigenvalue weighted by molar-refractivity contribution is 5.92. The molecule has 3 rings (SSSR count). The lowest BCUT2D eigenvalue weighted by Crippen LogP contribution is -2.30. The van der Waals surface area contributed by atoms with Crippen LogP contribution in [0.2, 0.25) is 0 Å². The maximum atomic E-state index is 11.9. The van der Waals surface area contributed by atoms with Gasteiger partial charge in [0.05, 0.1) is 0 Å². The summed E-state index contributed by atoms with van der Waals surface area (Å²) in [7, 11) is 0. The summed E-state index contributed by atoms with van der Waals surface area (Å²) in [6.45, 7) is 3.74. The minimum atomic E-state index is -0.309. The highest BCUT2D eigenvalue weighted by atomic mass is 16.2. The zero-order chi connectivity index (χ0) is 14.1. The van der Waals surface area contributed by atoms with Crippen LogP contribution in [0.3, 0.4) is 0 Å². The molecule has 1 saturated carbocycles. The van der Waals surface area contributed by atoms with Gasteiger partial charge in [-0.2, -0.15) is 5.10 Å². The molecule has 1 aliphatic carbocycles. The number of carbonyl (C=O) groups excluding carboxylic acids is 1. The number of rotatable bonds is 4. The highest BCUT2D eigenvalue weighted by Gasteiger charge is 2.26. The van der Waals surface area contributed by atoms with Crippen molar-refractivity contribution in [1.29, 1.82) is 0 Å². The molecule has 1 fully saturated rings. The second kappa shape index (κ2) is 4.92. The van der Waals surface area contributed by atoms with Crippen LogP contribution < -0.4 is 10.9 Å². The average molecular weight is 272 g/mol. The van der Waals surface area contributed by atoms with Crippen molar-refractivity contribution in [3.8, 4) is 0 Å². The Morgan fingerprint density at radius 1 is 1.25 bits per heavy atom. The highest BCUT2D eigenvalue weighted by Crippen LogP contribution is 2.38. The van der Waals surface area contributed by atoms with Crippen LogP contribution in [-0.2, 0) is 0 Å². The van der Waals surface area contributed by atoms with Crippen LogP contribution in [0.15, 0.2) is 12.1 Å². The summed E-state index contributed by atoms with van der Waals surface area (Å²) in [4.78, 5) is 20.3. The van der Waals surface area contributed by atoms with Crippen LogP contribution in [0.4, 0.5) is 5.95 Å². The number of carbonyl (C=O) groups is 1. The fraction of sp³-hybridized carbons (Fsp3) is 0.385. The van der Waals surface area contributed by atoms with Gasteiger partial charge in [0.15, 0.2) is 5.69 Å². The van der Waals surface area contributed by atoms with Crippen LogP contribution in [0.25, 0.3) is 0 Å². The van der Waals surface area contributed by atoms with Crippen molar-refractivity contribution in [2.24, 2.45) is 0 Å². The largest absolute Gasteiger partial charge is 0.290 e. The van der Waals surface area contributed by atoms with E-state index in [1.807, 2.05) is 19.9 Å². The van der Waals surface area contributed by atoms with Gasteiger partial charge in [0.1, 0.15) is 0 Å². The number of amides is 1. The van der Waals surface area contributed by atoms with Gasteiger partial charge >= 0.3 is 0 Å². The minimum Gasteiger partial charge on any atom is -0.281 e. The fourth-order valence-corrected chi connectivity index (χ4v) is 2.01. The molecule has 0 atom stereocenters. The van der Waals surface area contributed by atoms with E-state index in [4.69, 9.17) is 0 Å². The van der Waals surface area contributed by atoms with Gasteiger partial charge in [-0.1, -0.05) is 0 Å². The third-order valence-corrected chi connectivity index (χ3v) is 3.12. The topological polar surface area (TPSA) is 95.6 Å². The van der Waals surface area contributed by atoms with Crippen LogP contribution in [-0.4, -0.2) is 26.1 Å². The van der Waals surface area contributed by atoms with E-state index in [1.165, 1.54) is 0 Å². The number of aromatic nitrogens is 4. The second-order valence-electron chi connectivity index (χ2n) is 5.04. The van der Waals surface area contributed by atoms with Crippen molar-refractivity contribution < 1.29 is 4.79 Å². The first-order chi connectivity index (χ1) is 9.61. The Morgan fingerprint density at radius 3 is 2.60 bits per heavy atom. The van der Waals surface area contributed by atoms with Gasteiger partial charge in [0.25, 0.3) is 5.91 Å². The number of hydrogen-bond donors (Lipinski definition) is 3. The standard InChI is InChI=1S/C13H16N6O/c1-7-5-8(2)15-13(14-7)19-18-12(20)11-6-10(16-17-11)9-3-4-9/h5-6,9H,3-4H2,1-2H3,(H,16,17)(H,18,20)(H,14,15,19). The third-order valence-electron chi connectivity index (χ3n) is 3.12. The molecule has 0 radical (unpaired) electrons. The maximum absolute atomic E-state index is 11.9. The van der Waals surface area contributed by atoms with Crippen LogP contribution in [0.1, 0.15) is 46.3 Å². The maximum Gasteiger partial charge on any atom is 0.290 e. The lowest BCUT2D eigenvalue weighted by Gasteiger charge is -2.06. The van der Waals surface area contributed by atoms with E-state index in [2.05, 4.69) is 31.0 Å². The summed E-state index contributed by atoms with van der Waals surface area (Å²) in [6.07, 6.45) is 2.33. The molecule has 2 aromatic heterocycles. The van der Waals surface area contributed by atoms with E-state index in [0.29, 0.717) is 17.6 Å². The number of aryl methyl sites for hydroxylation is 2. The van der Waals surface area contributed by atoms with Crippen molar-refractivity contribution in [3.63, 3.8) is 0 Å². The molecular weight excluding hydrogens is 256 g/mol. The molecule has 20 heavy (non-hydrogen) atoms. The number of nitrogens with one attached hydrogen (secondary N) is 3. The van der Waals surface area contributed by atoms with Gasteiger partial charge in [-0.3, -0.25) is 20.7 Å². The van der Waals surface area contributed by atoms with Crippen molar-refractivity contribution >= 4 is 11.9 Å². The van der Waals surface area contributed by atoms with Crippen molar-refractivity contribution in [3.05, 3.63) is 34.9 Å². The number of H-pyrrole nitrogens is 1. The summed E-state index contributed by atoms with van der Waals surface area (Å²) in [5.74, 6) is 0.601. The first-order valence-corrected chi connectivity index (χ1v) is 6.56. The van der Waals surface area contributed by atoms with Crippen molar-refractivity contribution in [1.82, 2.24) is 25.6 Å². The number of nitrogens with zero attached hydrogens (tertiary/aromatic N) is 3. The lowest BCUT2D eigenvalue weighted by molar-refractivity contribution is 0.0957. The molecule has 7 nitrogen and oxygen atoms in total.